The molecule has 21 heavy (non-hydrogen) atoms. The van der Waals surface area contributed by atoms with Crippen molar-refractivity contribution in [1.29, 1.82) is 0 Å². The minimum Gasteiger partial charge on any atom is -0.497 e. The summed E-state index contributed by atoms with van der Waals surface area (Å²) in [5.74, 6) is 0.810. The molecular weight excluding hydrogens is 266 g/mol. The molecular formula is C16H17N3O2. The monoisotopic (exact) mass is 283 g/mol. The number of nitrogens with two attached hydrogens (primary N) is 1. The molecule has 3 rings (SSSR count). The Labute approximate surface area is 123 Å². The van der Waals surface area contributed by atoms with Gasteiger partial charge in [0, 0.05) is 23.9 Å². The number of amides is 1. The lowest BCUT2D eigenvalue weighted by Crippen LogP contribution is -2.19. The molecule has 5 heteroatoms. The molecule has 1 aliphatic rings. The summed E-state index contributed by atoms with van der Waals surface area (Å²) in [6, 6.07) is 11.4. The fourth-order valence-corrected chi connectivity index (χ4v) is 2.41. The van der Waals surface area contributed by atoms with E-state index in [4.69, 9.17) is 10.5 Å². The number of carbonyl (C=O) groups excluding carboxylic acids is 1. The molecule has 2 aromatic carbocycles. The summed E-state index contributed by atoms with van der Waals surface area (Å²) in [4.78, 5) is 11.5. The Bertz CT molecular complexity index is 698. The van der Waals surface area contributed by atoms with Crippen LogP contribution in [0.4, 0.5) is 22.7 Å². The second-order valence-corrected chi connectivity index (χ2v) is 5.00. The second kappa shape index (κ2) is 5.36. The molecule has 0 spiro atoms. The maximum absolute atomic E-state index is 11.5. The summed E-state index contributed by atoms with van der Waals surface area (Å²) in [5.41, 5.74) is 10.3. The molecule has 0 aliphatic carbocycles. The summed E-state index contributed by atoms with van der Waals surface area (Å²) in [6.07, 6.45) is 1.24. The quantitative estimate of drug-likeness (QED) is 0.757. The molecule has 108 valence electrons. The lowest BCUT2D eigenvalue weighted by Gasteiger charge is -2.20. The number of rotatable bonds is 3. The average molecular weight is 283 g/mol. The first-order valence-electron chi connectivity index (χ1n) is 6.79. The van der Waals surface area contributed by atoms with Crippen LogP contribution in [-0.2, 0) is 11.2 Å². The highest BCUT2D eigenvalue weighted by atomic mass is 16.5. The van der Waals surface area contributed by atoms with E-state index in [0.717, 1.165) is 34.8 Å². The molecule has 0 bridgehead atoms. The Morgan fingerprint density at radius 3 is 2.90 bits per heavy atom. The van der Waals surface area contributed by atoms with Crippen LogP contribution in [0, 0.1) is 0 Å². The van der Waals surface area contributed by atoms with Crippen molar-refractivity contribution in [1.82, 2.24) is 0 Å². The van der Waals surface area contributed by atoms with Gasteiger partial charge in [-0.3, -0.25) is 4.79 Å². The minimum absolute atomic E-state index is 0.0413. The van der Waals surface area contributed by atoms with Gasteiger partial charge in [-0.05, 0) is 36.2 Å². The van der Waals surface area contributed by atoms with Crippen LogP contribution in [0.3, 0.4) is 0 Å². The summed E-state index contributed by atoms with van der Waals surface area (Å²) in [7, 11) is 1.63. The number of methoxy groups -OCH3 is 1. The molecule has 0 fully saturated rings. The van der Waals surface area contributed by atoms with Gasteiger partial charge in [-0.2, -0.15) is 0 Å². The summed E-state index contributed by atoms with van der Waals surface area (Å²) in [6.45, 7) is 0. The van der Waals surface area contributed by atoms with Crippen molar-refractivity contribution in [3.63, 3.8) is 0 Å². The average Bonchev–Trinajstić information content (AvgIpc) is 2.49. The third-order valence-electron chi connectivity index (χ3n) is 3.52. The van der Waals surface area contributed by atoms with E-state index in [1.165, 1.54) is 0 Å². The molecule has 0 aromatic heterocycles. The Balaban J connectivity index is 1.91. The summed E-state index contributed by atoms with van der Waals surface area (Å²) < 4.78 is 5.20. The van der Waals surface area contributed by atoms with Crippen molar-refractivity contribution < 1.29 is 9.53 Å². The van der Waals surface area contributed by atoms with Gasteiger partial charge in [0.15, 0.2) is 0 Å². The van der Waals surface area contributed by atoms with Crippen LogP contribution in [0.2, 0.25) is 0 Å². The Kier molecular flexibility index (Phi) is 3.39. The number of hydrogen-bond acceptors (Lipinski definition) is 4. The standard InChI is InChI=1S/C16H17N3O2/c1-21-12-4-2-3-11(8-12)18-15-9-14-10(7-13(15)17)5-6-16(20)19-14/h2-4,7-9,18H,5-6,17H2,1H3,(H,19,20). The van der Waals surface area contributed by atoms with Gasteiger partial charge in [0.25, 0.3) is 0 Å². The number of aryl methyl sites for hydroxylation is 1. The van der Waals surface area contributed by atoms with E-state index in [9.17, 15) is 4.79 Å². The summed E-state index contributed by atoms with van der Waals surface area (Å²) >= 11 is 0. The van der Waals surface area contributed by atoms with Gasteiger partial charge < -0.3 is 21.1 Å². The van der Waals surface area contributed by atoms with E-state index in [0.29, 0.717) is 12.1 Å². The molecule has 0 radical (unpaired) electrons. The number of benzene rings is 2. The zero-order valence-corrected chi connectivity index (χ0v) is 11.8. The molecule has 0 saturated heterocycles. The maximum atomic E-state index is 11.5. The van der Waals surface area contributed by atoms with Crippen LogP contribution in [-0.4, -0.2) is 13.0 Å². The van der Waals surface area contributed by atoms with Crippen LogP contribution in [0.5, 0.6) is 5.75 Å². The van der Waals surface area contributed by atoms with Crippen LogP contribution in [0.1, 0.15) is 12.0 Å². The molecule has 0 unspecified atom stereocenters. The van der Waals surface area contributed by atoms with E-state index in [1.807, 2.05) is 36.4 Å². The van der Waals surface area contributed by atoms with Gasteiger partial charge in [-0.1, -0.05) is 6.07 Å². The molecule has 5 nitrogen and oxygen atoms in total. The van der Waals surface area contributed by atoms with Gasteiger partial charge in [0.1, 0.15) is 5.75 Å². The Hall–Kier alpha value is -2.69. The number of anilines is 4. The number of hydrogen-bond donors (Lipinski definition) is 3. The second-order valence-electron chi connectivity index (χ2n) is 5.00. The highest BCUT2D eigenvalue weighted by molar-refractivity contribution is 5.96. The van der Waals surface area contributed by atoms with Crippen LogP contribution >= 0.6 is 0 Å². The number of nitrogens with one attached hydrogen (secondary N) is 2. The lowest BCUT2D eigenvalue weighted by atomic mass is 10.0. The smallest absolute Gasteiger partial charge is 0.224 e. The predicted molar refractivity (Wildman–Crippen MR) is 84.1 cm³/mol. The van der Waals surface area contributed by atoms with Gasteiger partial charge >= 0.3 is 0 Å². The largest absolute Gasteiger partial charge is 0.497 e. The van der Waals surface area contributed by atoms with Crippen molar-refractivity contribution >= 4 is 28.7 Å². The summed E-state index contributed by atoms with van der Waals surface area (Å²) in [5, 5.41) is 6.13. The molecule has 2 aromatic rings. The molecule has 4 N–H and O–H groups in total. The van der Waals surface area contributed by atoms with Crippen molar-refractivity contribution in [2.75, 3.05) is 23.5 Å². The zero-order chi connectivity index (χ0) is 14.8. The van der Waals surface area contributed by atoms with Gasteiger partial charge in [0.2, 0.25) is 5.91 Å². The zero-order valence-electron chi connectivity index (χ0n) is 11.8. The van der Waals surface area contributed by atoms with Gasteiger partial charge in [0.05, 0.1) is 18.5 Å². The van der Waals surface area contributed by atoms with Gasteiger partial charge in [-0.25, -0.2) is 0 Å². The van der Waals surface area contributed by atoms with E-state index in [1.54, 1.807) is 7.11 Å². The van der Waals surface area contributed by atoms with E-state index in [2.05, 4.69) is 10.6 Å². The van der Waals surface area contributed by atoms with Crippen LogP contribution in [0.15, 0.2) is 36.4 Å². The molecule has 0 atom stereocenters. The molecule has 0 saturated carbocycles. The van der Waals surface area contributed by atoms with Crippen molar-refractivity contribution in [3.05, 3.63) is 42.0 Å². The number of fused-ring (bicyclic) bond motifs is 1. The fourth-order valence-electron chi connectivity index (χ4n) is 2.41. The van der Waals surface area contributed by atoms with Gasteiger partial charge in [-0.15, -0.1) is 0 Å². The first-order chi connectivity index (χ1) is 10.2. The highest BCUT2D eigenvalue weighted by Gasteiger charge is 2.16. The third-order valence-corrected chi connectivity index (χ3v) is 3.52. The topological polar surface area (TPSA) is 76.4 Å². The van der Waals surface area contributed by atoms with E-state index >= 15 is 0 Å². The molecule has 1 heterocycles. The first kappa shape index (κ1) is 13.3. The normalized spacial score (nSPS) is 13.3. The van der Waals surface area contributed by atoms with Crippen molar-refractivity contribution in [2.45, 2.75) is 12.8 Å². The maximum Gasteiger partial charge on any atom is 0.224 e. The minimum atomic E-state index is 0.0413. The van der Waals surface area contributed by atoms with Crippen LogP contribution < -0.4 is 21.1 Å². The van der Waals surface area contributed by atoms with E-state index in [-0.39, 0.29) is 5.91 Å². The van der Waals surface area contributed by atoms with Crippen molar-refractivity contribution in [2.24, 2.45) is 0 Å². The number of nitrogen functional groups attached to an aromatic ring is 1. The predicted octanol–water partition coefficient (Wildman–Crippen LogP) is 2.91. The van der Waals surface area contributed by atoms with Crippen LogP contribution in [0.25, 0.3) is 0 Å². The first-order valence-corrected chi connectivity index (χ1v) is 6.79. The van der Waals surface area contributed by atoms with Crippen molar-refractivity contribution in [3.8, 4) is 5.75 Å². The Morgan fingerprint density at radius 2 is 2.10 bits per heavy atom. The van der Waals surface area contributed by atoms with E-state index < -0.39 is 0 Å². The lowest BCUT2D eigenvalue weighted by molar-refractivity contribution is -0.116. The molecule has 1 amide bonds. The highest BCUT2D eigenvalue weighted by Crippen LogP contribution is 2.33. The fraction of sp³-hybridized carbons (Fsp3) is 0.188. The third kappa shape index (κ3) is 2.76. The molecule has 1 aliphatic heterocycles. The number of ether oxygens (including phenoxy) is 1. The Morgan fingerprint density at radius 1 is 1.24 bits per heavy atom. The SMILES string of the molecule is COc1cccc(Nc2cc3c(cc2N)CCC(=O)N3)c1. The number of carbonyl (C=O) groups is 1.